The van der Waals surface area contributed by atoms with E-state index in [2.05, 4.69) is 11.9 Å². The number of thiophene rings is 1. The van der Waals surface area contributed by atoms with Crippen molar-refractivity contribution in [1.29, 1.82) is 0 Å². The van der Waals surface area contributed by atoms with Gasteiger partial charge in [-0.25, -0.2) is 9.97 Å². The minimum Gasteiger partial charge on any atom is -0.222 e. The number of hydrogen-bond donors (Lipinski definition) is 0. The maximum absolute atomic E-state index is 6.26. The van der Waals surface area contributed by atoms with Gasteiger partial charge in [0, 0.05) is 11.3 Å². The Labute approximate surface area is 123 Å². The highest BCUT2D eigenvalue weighted by molar-refractivity contribution is 7.16. The van der Waals surface area contributed by atoms with Gasteiger partial charge in [-0.15, -0.1) is 11.3 Å². The van der Waals surface area contributed by atoms with Crippen LogP contribution in [0.1, 0.15) is 57.2 Å². The van der Waals surface area contributed by atoms with E-state index in [0.717, 1.165) is 22.0 Å². The van der Waals surface area contributed by atoms with Gasteiger partial charge in [0.25, 0.3) is 0 Å². The molecule has 1 aliphatic carbocycles. The first kappa shape index (κ1) is 13.3. The number of aromatic nitrogens is 2. The molecule has 0 unspecified atom stereocenters. The first-order valence-corrected chi connectivity index (χ1v) is 8.44. The zero-order valence-corrected chi connectivity index (χ0v) is 12.8. The fourth-order valence-corrected chi connectivity index (χ4v) is 4.20. The second-order valence-electron chi connectivity index (χ2n) is 5.52. The molecule has 1 aliphatic rings. The van der Waals surface area contributed by atoms with Gasteiger partial charge in [-0.1, -0.05) is 31.4 Å². The summed E-state index contributed by atoms with van der Waals surface area (Å²) in [6.45, 7) is 2.28. The number of halogens is 1. The zero-order valence-electron chi connectivity index (χ0n) is 11.2. The summed E-state index contributed by atoms with van der Waals surface area (Å²) in [5.41, 5.74) is 0. The van der Waals surface area contributed by atoms with Crippen LogP contribution in [0.2, 0.25) is 5.15 Å². The summed E-state index contributed by atoms with van der Waals surface area (Å²) in [5, 5.41) is 3.65. The maximum Gasteiger partial charge on any atom is 0.141 e. The van der Waals surface area contributed by atoms with Gasteiger partial charge in [0.15, 0.2) is 0 Å². The summed E-state index contributed by atoms with van der Waals surface area (Å²) in [7, 11) is 0. The second kappa shape index (κ2) is 5.76. The Hall–Kier alpha value is -0.670. The highest BCUT2D eigenvalue weighted by Gasteiger charge is 2.24. The summed E-state index contributed by atoms with van der Waals surface area (Å²) in [5.74, 6) is 2.40. The van der Waals surface area contributed by atoms with E-state index in [1.807, 2.05) is 11.4 Å². The van der Waals surface area contributed by atoms with E-state index in [-0.39, 0.29) is 0 Å². The molecule has 0 amide bonds. The molecule has 2 aromatic rings. The molecule has 0 atom stereocenters. The minimum atomic E-state index is 0.511. The van der Waals surface area contributed by atoms with Crippen LogP contribution in [-0.2, 0) is 0 Å². The number of hydrogen-bond acceptors (Lipinski definition) is 3. The second-order valence-corrected chi connectivity index (χ2v) is 6.77. The molecule has 2 heterocycles. The molecule has 102 valence electrons. The normalized spacial score (nSPS) is 23.9. The van der Waals surface area contributed by atoms with E-state index in [4.69, 9.17) is 16.6 Å². The van der Waals surface area contributed by atoms with Crippen molar-refractivity contribution in [2.45, 2.75) is 51.4 Å². The molecule has 2 nitrogen and oxygen atoms in total. The van der Waals surface area contributed by atoms with Gasteiger partial charge in [-0.2, -0.15) is 0 Å². The highest BCUT2D eigenvalue weighted by atomic mass is 35.5. The first-order valence-electron chi connectivity index (χ1n) is 7.18. The molecule has 0 bridgehead atoms. The van der Waals surface area contributed by atoms with E-state index in [1.54, 1.807) is 11.3 Å². The standard InChI is InChI=1S/C15H19ClN2S/c1-2-3-10-4-6-11(7-5-10)14-17-13(16)12-8-9-19-15(12)18-14/h8-11H,2-7H2,1H3. The van der Waals surface area contributed by atoms with Crippen LogP contribution in [0.15, 0.2) is 11.4 Å². The fourth-order valence-electron chi connectivity index (χ4n) is 3.13. The third kappa shape index (κ3) is 2.77. The van der Waals surface area contributed by atoms with Crippen molar-refractivity contribution in [3.05, 3.63) is 22.4 Å². The zero-order chi connectivity index (χ0) is 13.2. The topological polar surface area (TPSA) is 25.8 Å². The predicted octanol–water partition coefficient (Wildman–Crippen LogP) is 5.42. The van der Waals surface area contributed by atoms with Crippen molar-refractivity contribution < 1.29 is 0 Å². The van der Waals surface area contributed by atoms with Crippen LogP contribution >= 0.6 is 22.9 Å². The lowest BCUT2D eigenvalue weighted by atomic mass is 9.80. The van der Waals surface area contributed by atoms with Crippen molar-refractivity contribution in [1.82, 2.24) is 9.97 Å². The molecular weight excluding hydrogens is 276 g/mol. The van der Waals surface area contributed by atoms with E-state index in [0.29, 0.717) is 11.1 Å². The third-order valence-corrected chi connectivity index (χ3v) is 5.30. The first-order chi connectivity index (χ1) is 9.28. The van der Waals surface area contributed by atoms with Gasteiger partial charge in [0.1, 0.15) is 15.8 Å². The average molecular weight is 295 g/mol. The summed E-state index contributed by atoms with van der Waals surface area (Å²) in [6, 6.07) is 2.00. The van der Waals surface area contributed by atoms with Crippen LogP contribution in [0.4, 0.5) is 0 Å². The molecule has 0 saturated heterocycles. The quantitative estimate of drug-likeness (QED) is 0.707. The van der Waals surface area contributed by atoms with Crippen molar-refractivity contribution in [3.63, 3.8) is 0 Å². The van der Waals surface area contributed by atoms with E-state index >= 15 is 0 Å². The average Bonchev–Trinajstić information content (AvgIpc) is 2.89. The van der Waals surface area contributed by atoms with Crippen LogP contribution in [-0.4, -0.2) is 9.97 Å². The van der Waals surface area contributed by atoms with Gasteiger partial charge >= 0.3 is 0 Å². The Balaban J connectivity index is 1.78. The molecule has 4 heteroatoms. The van der Waals surface area contributed by atoms with Crippen LogP contribution in [0.25, 0.3) is 10.2 Å². The molecule has 1 saturated carbocycles. The molecular formula is C15H19ClN2S. The Kier molecular flexibility index (Phi) is 4.04. The molecule has 2 aromatic heterocycles. The molecule has 0 aromatic carbocycles. The minimum absolute atomic E-state index is 0.511. The molecule has 3 rings (SSSR count). The van der Waals surface area contributed by atoms with Crippen LogP contribution in [0.5, 0.6) is 0 Å². The Morgan fingerprint density at radius 2 is 2.05 bits per heavy atom. The van der Waals surface area contributed by atoms with Gasteiger partial charge < -0.3 is 0 Å². The highest BCUT2D eigenvalue weighted by Crippen LogP contribution is 2.37. The van der Waals surface area contributed by atoms with Gasteiger partial charge in [0.2, 0.25) is 0 Å². The summed E-state index contributed by atoms with van der Waals surface area (Å²) >= 11 is 7.91. The van der Waals surface area contributed by atoms with Crippen molar-refractivity contribution in [3.8, 4) is 0 Å². The monoisotopic (exact) mass is 294 g/mol. The molecule has 19 heavy (non-hydrogen) atoms. The SMILES string of the molecule is CCCC1CCC(c2nc(Cl)c3ccsc3n2)CC1. The van der Waals surface area contributed by atoms with E-state index in [9.17, 15) is 0 Å². The number of fused-ring (bicyclic) bond motifs is 1. The van der Waals surface area contributed by atoms with Crippen LogP contribution in [0, 0.1) is 5.92 Å². The summed E-state index contributed by atoms with van der Waals surface area (Å²) in [6.07, 6.45) is 7.76. The molecule has 0 N–H and O–H groups in total. The Morgan fingerprint density at radius 3 is 2.79 bits per heavy atom. The Bertz CT molecular complexity index is 558. The summed E-state index contributed by atoms with van der Waals surface area (Å²) < 4.78 is 0. The molecule has 1 fully saturated rings. The van der Waals surface area contributed by atoms with E-state index in [1.165, 1.54) is 38.5 Å². The van der Waals surface area contributed by atoms with E-state index < -0.39 is 0 Å². The van der Waals surface area contributed by atoms with Crippen molar-refractivity contribution >= 4 is 33.2 Å². The Morgan fingerprint density at radius 1 is 1.26 bits per heavy atom. The molecule has 0 radical (unpaired) electrons. The lowest BCUT2D eigenvalue weighted by Gasteiger charge is -2.27. The van der Waals surface area contributed by atoms with Crippen molar-refractivity contribution in [2.24, 2.45) is 5.92 Å². The smallest absolute Gasteiger partial charge is 0.141 e. The van der Waals surface area contributed by atoms with Gasteiger partial charge in [-0.05, 0) is 43.0 Å². The van der Waals surface area contributed by atoms with Crippen LogP contribution in [0.3, 0.4) is 0 Å². The van der Waals surface area contributed by atoms with Gasteiger partial charge in [0.05, 0.1) is 0 Å². The number of rotatable bonds is 3. The largest absolute Gasteiger partial charge is 0.222 e. The lowest BCUT2D eigenvalue weighted by molar-refractivity contribution is 0.302. The number of nitrogens with zero attached hydrogens (tertiary/aromatic N) is 2. The lowest BCUT2D eigenvalue weighted by Crippen LogP contribution is -2.15. The molecule has 0 spiro atoms. The van der Waals surface area contributed by atoms with Crippen molar-refractivity contribution in [2.75, 3.05) is 0 Å². The van der Waals surface area contributed by atoms with Crippen LogP contribution < -0.4 is 0 Å². The fraction of sp³-hybridized carbons (Fsp3) is 0.600. The summed E-state index contributed by atoms with van der Waals surface area (Å²) in [4.78, 5) is 10.3. The maximum atomic E-state index is 6.26. The van der Waals surface area contributed by atoms with Gasteiger partial charge in [-0.3, -0.25) is 0 Å². The third-order valence-electron chi connectivity index (χ3n) is 4.20. The molecule has 0 aliphatic heterocycles. The predicted molar refractivity (Wildman–Crippen MR) is 82.0 cm³/mol.